The molecule has 2 heterocycles. The fraction of sp³-hybridized carbons (Fsp3) is 0.263. The van der Waals surface area contributed by atoms with E-state index < -0.39 is 6.04 Å². The van der Waals surface area contributed by atoms with Crippen molar-refractivity contribution < 1.29 is 4.79 Å². The average Bonchev–Trinajstić information content (AvgIpc) is 3.21. The van der Waals surface area contributed by atoms with Gasteiger partial charge in [0, 0.05) is 12.1 Å². The van der Waals surface area contributed by atoms with Gasteiger partial charge in [0.2, 0.25) is 5.91 Å². The lowest BCUT2D eigenvalue weighted by atomic mass is 10.1. The lowest BCUT2D eigenvalue weighted by Gasteiger charge is -2.26. The SMILES string of the molecule is CCC(N)C(=O)N1c2ccccc2CC1c1nc2ccccc2[nH]1. The molecule has 1 amide bonds. The molecule has 0 fully saturated rings. The number of benzene rings is 2. The molecule has 5 nitrogen and oxygen atoms in total. The van der Waals surface area contributed by atoms with Crippen molar-refractivity contribution >= 4 is 22.6 Å². The van der Waals surface area contributed by atoms with E-state index in [-0.39, 0.29) is 11.9 Å². The molecule has 2 unspecified atom stereocenters. The molecule has 24 heavy (non-hydrogen) atoms. The molecule has 5 heteroatoms. The Labute approximate surface area is 140 Å². The monoisotopic (exact) mass is 320 g/mol. The highest BCUT2D eigenvalue weighted by atomic mass is 16.2. The standard InChI is InChI=1S/C19H20N4O/c1-2-13(20)19(24)23-16-10-6-3-7-12(16)11-17(23)18-21-14-8-4-5-9-15(14)22-18/h3-10,13,17H,2,11,20H2,1H3,(H,21,22). The zero-order valence-electron chi connectivity index (χ0n) is 13.6. The van der Waals surface area contributed by atoms with Crippen molar-refractivity contribution in [3.05, 3.63) is 59.9 Å². The van der Waals surface area contributed by atoms with Crippen molar-refractivity contribution in [3.8, 4) is 0 Å². The van der Waals surface area contributed by atoms with Crippen LogP contribution in [0, 0.1) is 0 Å². The molecule has 3 aromatic rings. The number of carbonyl (C=O) groups excluding carboxylic acids is 1. The van der Waals surface area contributed by atoms with Gasteiger partial charge >= 0.3 is 0 Å². The summed E-state index contributed by atoms with van der Waals surface area (Å²) in [6.45, 7) is 1.93. The first-order valence-corrected chi connectivity index (χ1v) is 8.30. The molecule has 1 aliphatic rings. The van der Waals surface area contributed by atoms with E-state index in [9.17, 15) is 4.79 Å². The van der Waals surface area contributed by atoms with Crippen molar-refractivity contribution in [2.24, 2.45) is 5.73 Å². The van der Waals surface area contributed by atoms with Crippen molar-refractivity contribution in [2.75, 3.05) is 4.90 Å². The number of amides is 1. The van der Waals surface area contributed by atoms with Gasteiger partial charge in [0.1, 0.15) is 5.82 Å². The Hall–Kier alpha value is -2.66. The first-order valence-electron chi connectivity index (χ1n) is 8.30. The van der Waals surface area contributed by atoms with Gasteiger partial charge in [0.25, 0.3) is 0 Å². The van der Waals surface area contributed by atoms with Crippen molar-refractivity contribution in [3.63, 3.8) is 0 Å². The van der Waals surface area contributed by atoms with Crippen LogP contribution < -0.4 is 10.6 Å². The first-order chi connectivity index (χ1) is 11.7. The molecule has 0 spiro atoms. The minimum absolute atomic E-state index is 0.0482. The minimum atomic E-state index is -0.497. The smallest absolute Gasteiger partial charge is 0.244 e. The molecule has 0 radical (unpaired) electrons. The number of nitrogens with zero attached hydrogens (tertiary/aromatic N) is 2. The third kappa shape index (κ3) is 2.29. The molecule has 4 rings (SSSR count). The Balaban J connectivity index is 1.80. The Morgan fingerprint density at radius 2 is 2.04 bits per heavy atom. The number of aromatic amines is 1. The summed E-state index contributed by atoms with van der Waals surface area (Å²) in [6.07, 6.45) is 1.36. The van der Waals surface area contributed by atoms with Crippen LogP contribution in [0.4, 0.5) is 5.69 Å². The molecular formula is C19H20N4O. The van der Waals surface area contributed by atoms with Gasteiger partial charge in [-0.3, -0.25) is 9.69 Å². The number of nitrogens with one attached hydrogen (secondary N) is 1. The van der Waals surface area contributed by atoms with Gasteiger partial charge in [-0.05, 0) is 30.2 Å². The molecule has 3 N–H and O–H groups in total. The summed E-state index contributed by atoms with van der Waals surface area (Å²) in [6, 6.07) is 15.3. The molecule has 0 bridgehead atoms. The average molecular weight is 320 g/mol. The summed E-state index contributed by atoms with van der Waals surface area (Å²) in [5, 5.41) is 0. The number of hydrogen-bond donors (Lipinski definition) is 2. The maximum atomic E-state index is 12.9. The molecule has 0 saturated carbocycles. The summed E-state index contributed by atoms with van der Waals surface area (Å²) >= 11 is 0. The Kier molecular flexibility index (Phi) is 3.58. The second-order valence-corrected chi connectivity index (χ2v) is 6.21. The topological polar surface area (TPSA) is 75.0 Å². The molecule has 0 saturated heterocycles. The molecule has 122 valence electrons. The van der Waals surface area contributed by atoms with E-state index in [0.717, 1.165) is 34.5 Å². The predicted molar refractivity (Wildman–Crippen MR) is 94.7 cm³/mol. The van der Waals surface area contributed by atoms with Crippen LogP contribution in [0.3, 0.4) is 0 Å². The van der Waals surface area contributed by atoms with E-state index in [1.165, 1.54) is 0 Å². The highest BCUT2D eigenvalue weighted by Gasteiger charge is 2.37. The van der Waals surface area contributed by atoms with Crippen LogP contribution in [0.1, 0.15) is 30.8 Å². The second-order valence-electron chi connectivity index (χ2n) is 6.21. The highest BCUT2D eigenvalue weighted by molar-refractivity contribution is 5.99. The van der Waals surface area contributed by atoms with Gasteiger partial charge in [-0.1, -0.05) is 37.3 Å². The number of hydrogen-bond acceptors (Lipinski definition) is 3. The number of para-hydroxylation sites is 3. The van der Waals surface area contributed by atoms with Gasteiger partial charge < -0.3 is 10.7 Å². The molecule has 0 aliphatic carbocycles. The van der Waals surface area contributed by atoms with E-state index in [0.29, 0.717) is 6.42 Å². The quantitative estimate of drug-likeness (QED) is 0.779. The van der Waals surface area contributed by atoms with Crippen LogP contribution >= 0.6 is 0 Å². The number of H-pyrrole nitrogens is 1. The van der Waals surface area contributed by atoms with Crippen LogP contribution in [-0.4, -0.2) is 21.9 Å². The largest absolute Gasteiger partial charge is 0.340 e. The van der Waals surface area contributed by atoms with Gasteiger partial charge in [-0.25, -0.2) is 4.98 Å². The van der Waals surface area contributed by atoms with E-state index in [1.807, 2.05) is 54.3 Å². The number of aromatic nitrogens is 2. The summed E-state index contributed by atoms with van der Waals surface area (Å²) in [5.41, 5.74) is 10.0. The van der Waals surface area contributed by atoms with E-state index in [1.54, 1.807) is 0 Å². The maximum Gasteiger partial charge on any atom is 0.244 e. The lowest BCUT2D eigenvalue weighted by molar-refractivity contribution is -0.120. The lowest BCUT2D eigenvalue weighted by Crippen LogP contribution is -2.44. The van der Waals surface area contributed by atoms with Gasteiger partial charge in [-0.15, -0.1) is 0 Å². The summed E-state index contributed by atoms with van der Waals surface area (Å²) in [4.78, 5) is 22.8. The molecule has 2 aromatic carbocycles. The van der Waals surface area contributed by atoms with Crippen molar-refractivity contribution in [1.29, 1.82) is 0 Å². The van der Waals surface area contributed by atoms with Crippen molar-refractivity contribution in [1.82, 2.24) is 9.97 Å². The van der Waals surface area contributed by atoms with Crippen LogP contribution in [0.25, 0.3) is 11.0 Å². The molecule has 1 aliphatic heterocycles. The predicted octanol–water partition coefficient (Wildman–Crippen LogP) is 2.93. The number of fused-ring (bicyclic) bond motifs is 2. The van der Waals surface area contributed by atoms with E-state index in [2.05, 4.69) is 11.1 Å². The summed E-state index contributed by atoms with van der Waals surface area (Å²) < 4.78 is 0. The highest BCUT2D eigenvalue weighted by Crippen LogP contribution is 2.40. The first kappa shape index (κ1) is 14.9. The maximum absolute atomic E-state index is 12.9. The summed E-state index contributed by atoms with van der Waals surface area (Å²) in [5.74, 6) is 0.761. The van der Waals surface area contributed by atoms with Gasteiger partial charge in [-0.2, -0.15) is 0 Å². The third-order valence-electron chi connectivity index (χ3n) is 4.69. The molecule has 1 aromatic heterocycles. The molecular weight excluding hydrogens is 300 g/mol. The Bertz CT molecular complexity index is 868. The van der Waals surface area contributed by atoms with Crippen molar-refractivity contribution in [2.45, 2.75) is 31.8 Å². The van der Waals surface area contributed by atoms with Crippen LogP contribution in [0.5, 0.6) is 0 Å². The number of nitrogens with two attached hydrogens (primary N) is 1. The van der Waals surface area contributed by atoms with Gasteiger partial charge in [0.15, 0.2) is 0 Å². The second kappa shape index (κ2) is 5.76. The van der Waals surface area contributed by atoms with Crippen LogP contribution in [0.2, 0.25) is 0 Å². The fourth-order valence-electron chi connectivity index (χ4n) is 3.36. The zero-order chi connectivity index (χ0) is 16.7. The number of anilines is 1. The third-order valence-corrected chi connectivity index (χ3v) is 4.69. The van der Waals surface area contributed by atoms with Gasteiger partial charge in [0.05, 0.1) is 23.1 Å². The number of imidazole rings is 1. The normalized spacial score (nSPS) is 17.9. The fourth-order valence-corrected chi connectivity index (χ4v) is 3.36. The van der Waals surface area contributed by atoms with Crippen LogP contribution in [-0.2, 0) is 11.2 Å². The summed E-state index contributed by atoms with van der Waals surface area (Å²) in [7, 11) is 0. The minimum Gasteiger partial charge on any atom is -0.340 e. The Morgan fingerprint density at radius 3 is 2.83 bits per heavy atom. The van der Waals surface area contributed by atoms with E-state index in [4.69, 9.17) is 10.7 Å². The molecule has 2 atom stereocenters. The van der Waals surface area contributed by atoms with E-state index >= 15 is 0 Å². The number of rotatable bonds is 3. The van der Waals surface area contributed by atoms with Crippen LogP contribution in [0.15, 0.2) is 48.5 Å². The Morgan fingerprint density at radius 1 is 1.29 bits per heavy atom. The number of carbonyl (C=O) groups is 1. The zero-order valence-corrected chi connectivity index (χ0v) is 13.6.